The van der Waals surface area contributed by atoms with E-state index in [1.807, 2.05) is 24.3 Å². The fourth-order valence-electron chi connectivity index (χ4n) is 5.48. The van der Waals surface area contributed by atoms with Crippen molar-refractivity contribution in [2.75, 3.05) is 33.4 Å². The van der Waals surface area contributed by atoms with Gasteiger partial charge in [0.1, 0.15) is 12.1 Å². The number of ether oxygens (including phenoxy) is 2. The summed E-state index contributed by atoms with van der Waals surface area (Å²) in [6.45, 7) is 0.949. The summed E-state index contributed by atoms with van der Waals surface area (Å²) in [5, 5.41) is 12.5. The predicted molar refractivity (Wildman–Crippen MR) is 128 cm³/mol. The van der Waals surface area contributed by atoms with Gasteiger partial charge in [-0.05, 0) is 47.9 Å². The minimum Gasteiger partial charge on any atom is -0.481 e. The Hall–Kier alpha value is -3.39. The van der Waals surface area contributed by atoms with E-state index < -0.39 is 23.0 Å². The van der Waals surface area contributed by atoms with E-state index in [1.54, 1.807) is 4.90 Å². The molecule has 1 heterocycles. The lowest BCUT2D eigenvalue weighted by atomic mass is 9.79. The van der Waals surface area contributed by atoms with Crippen LogP contribution in [0.4, 0.5) is 4.79 Å². The number of hydrogen-bond donors (Lipinski definition) is 2. The third-order valence-corrected chi connectivity index (χ3v) is 7.73. The molecule has 2 N–H and O–H groups in total. The van der Waals surface area contributed by atoms with Crippen LogP contribution in [-0.4, -0.2) is 66.9 Å². The molecule has 1 aliphatic heterocycles. The highest BCUT2D eigenvalue weighted by Crippen LogP contribution is 2.45. The average Bonchev–Trinajstić information content (AvgIpc) is 3.58. The summed E-state index contributed by atoms with van der Waals surface area (Å²) in [7, 11) is 1.49. The molecule has 0 spiro atoms. The van der Waals surface area contributed by atoms with Crippen LogP contribution in [0.1, 0.15) is 42.7 Å². The fourth-order valence-corrected chi connectivity index (χ4v) is 5.48. The highest BCUT2D eigenvalue weighted by Gasteiger charge is 2.55. The zero-order valence-corrected chi connectivity index (χ0v) is 19.8. The van der Waals surface area contributed by atoms with Gasteiger partial charge in [0, 0.05) is 26.1 Å². The van der Waals surface area contributed by atoms with Crippen molar-refractivity contribution in [2.24, 2.45) is 5.41 Å². The molecule has 0 unspecified atom stereocenters. The molecule has 35 heavy (non-hydrogen) atoms. The Labute approximate surface area is 204 Å². The highest BCUT2D eigenvalue weighted by atomic mass is 16.5. The summed E-state index contributed by atoms with van der Waals surface area (Å²) in [4.78, 5) is 39.4. The van der Waals surface area contributed by atoms with E-state index in [0.717, 1.165) is 22.3 Å². The number of amides is 2. The van der Waals surface area contributed by atoms with E-state index >= 15 is 0 Å². The first kappa shape index (κ1) is 23.4. The molecule has 184 valence electrons. The van der Waals surface area contributed by atoms with Crippen molar-refractivity contribution in [2.45, 2.75) is 37.1 Å². The number of aliphatic carboxylic acids is 1. The average molecular weight is 479 g/mol. The molecule has 0 atom stereocenters. The van der Waals surface area contributed by atoms with Gasteiger partial charge >= 0.3 is 12.1 Å². The number of carboxylic acids is 1. The van der Waals surface area contributed by atoms with Crippen LogP contribution in [0.25, 0.3) is 11.1 Å². The minimum absolute atomic E-state index is 0.0500. The third kappa shape index (κ3) is 4.16. The Morgan fingerprint density at radius 1 is 0.971 bits per heavy atom. The summed E-state index contributed by atoms with van der Waals surface area (Å²) in [6, 6.07) is 16.3. The third-order valence-electron chi connectivity index (χ3n) is 7.73. The number of alkyl carbamates (subject to hydrolysis) is 1. The minimum atomic E-state index is -0.970. The molecule has 0 bridgehead atoms. The Morgan fingerprint density at radius 3 is 2.06 bits per heavy atom. The maximum absolute atomic E-state index is 13.2. The summed E-state index contributed by atoms with van der Waals surface area (Å²) in [6.07, 6.45) is 1.14. The number of carboxylic acid groups (broad SMARTS) is 1. The molecular weight excluding hydrogens is 448 g/mol. The van der Waals surface area contributed by atoms with Crippen molar-refractivity contribution in [3.8, 4) is 11.1 Å². The molecule has 3 aliphatic rings. The summed E-state index contributed by atoms with van der Waals surface area (Å²) in [5.74, 6) is -1.11. The fraction of sp³-hybridized carbons (Fsp3) is 0.444. The molecular formula is C27H30N2O6. The molecule has 8 nitrogen and oxygen atoms in total. The van der Waals surface area contributed by atoms with Crippen LogP contribution in [0.2, 0.25) is 0 Å². The van der Waals surface area contributed by atoms with Crippen molar-refractivity contribution in [1.29, 1.82) is 0 Å². The van der Waals surface area contributed by atoms with Gasteiger partial charge in [-0.3, -0.25) is 9.59 Å². The number of fused-ring (bicyclic) bond motifs is 3. The number of benzene rings is 2. The van der Waals surface area contributed by atoms with E-state index in [4.69, 9.17) is 9.47 Å². The van der Waals surface area contributed by atoms with Crippen molar-refractivity contribution in [3.05, 3.63) is 59.7 Å². The number of methoxy groups -OCH3 is 1. The van der Waals surface area contributed by atoms with Gasteiger partial charge in [-0.25, -0.2) is 4.79 Å². The zero-order valence-electron chi connectivity index (χ0n) is 19.8. The molecule has 2 fully saturated rings. The summed E-state index contributed by atoms with van der Waals surface area (Å²) in [5.41, 5.74) is 2.65. The Bertz CT molecular complexity index is 1100. The molecule has 0 radical (unpaired) electrons. The number of piperidine rings is 1. The zero-order chi connectivity index (χ0) is 24.6. The number of nitrogens with zero attached hydrogens (tertiary/aromatic N) is 1. The first-order valence-electron chi connectivity index (χ1n) is 12.0. The second kappa shape index (κ2) is 9.00. The van der Waals surface area contributed by atoms with E-state index in [2.05, 4.69) is 29.6 Å². The molecule has 1 saturated heterocycles. The maximum atomic E-state index is 13.2. The van der Waals surface area contributed by atoms with Gasteiger partial charge in [-0.2, -0.15) is 0 Å². The smallest absolute Gasteiger partial charge is 0.408 e. The van der Waals surface area contributed by atoms with Crippen LogP contribution in [0.15, 0.2) is 48.5 Å². The second-order valence-electron chi connectivity index (χ2n) is 9.84. The lowest BCUT2D eigenvalue weighted by molar-refractivity contribution is -0.158. The van der Waals surface area contributed by atoms with Gasteiger partial charge in [0.2, 0.25) is 5.91 Å². The second-order valence-corrected chi connectivity index (χ2v) is 9.84. The first-order valence-corrected chi connectivity index (χ1v) is 12.0. The summed E-state index contributed by atoms with van der Waals surface area (Å²) < 4.78 is 10.8. The van der Waals surface area contributed by atoms with Crippen molar-refractivity contribution >= 4 is 18.0 Å². The standard InChI is InChI=1S/C27H30N2O6/c1-34-17-26(24(31)32)12-14-29(15-13-26)23(30)27(10-11-27)28-25(33)35-16-22-20-8-4-2-6-18(20)19-7-3-5-9-21(19)22/h2-9,22H,10-17H2,1H3,(H,28,33)(H,31,32). The molecule has 8 heteroatoms. The van der Waals surface area contributed by atoms with Crippen LogP contribution in [-0.2, 0) is 19.1 Å². The number of rotatable bonds is 7. The SMILES string of the molecule is COCC1(C(=O)O)CCN(C(=O)C2(NC(=O)OCC3c4ccccc4-c4ccccc43)CC2)CC1. The lowest BCUT2D eigenvalue weighted by Crippen LogP contribution is -2.55. The normalized spacial score (nSPS) is 19.4. The van der Waals surface area contributed by atoms with Crippen LogP contribution < -0.4 is 5.32 Å². The van der Waals surface area contributed by atoms with E-state index in [-0.39, 0.29) is 25.0 Å². The molecule has 2 aromatic carbocycles. The highest BCUT2D eigenvalue weighted by molar-refractivity contribution is 5.93. The van der Waals surface area contributed by atoms with Crippen molar-refractivity contribution in [3.63, 3.8) is 0 Å². The first-order chi connectivity index (χ1) is 16.9. The van der Waals surface area contributed by atoms with Gasteiger partial charge in [0.15, 0.2) is 0 Å². The van der Waals surface area contributed by atoms with Crippen molar-refractivity contribution < 1.29 is 29.0 Å². The molecule has 2 amide bonds. The van der Waals surface area contributed by atoms with Crippen LogP contribution in [0, 0.1) is 5.41 Å². The maximum Gasteiger partial charge on any atom is 0.408 e. The largest absolute Gasteiger partial charge is 0.481 e. The number of likely N-dealkylation sites (tertiary alicyclic amines) is 1. The topological polar surface area (TPSA) is 105 Å². The number of hydrogen-bond acceptors (Lipinski definition) is 5. The Morgan fingerprint density at radius 2 is 1.54 bits per heavy atom. The van der Waals surface area contributed by atoms with Gasteiger partial charge in [-0.1, -0.05) is 48.5 Å². The van der Waals surface area contributed by atoms with Crippen LogP contribution in [0.3, 0.4) is 0 Å². The van der Waals surface area contributed by atoms with Crippen molar-refractivity contribution in [1.82, 2.24) is 10.2 Å². The predicted octanol–water partition coefficient (Wildman–Crippen LogP) is 3.40. The van der Waals surface area contributed by atoms with Crippen LogP contribution >= 0.6 is 0 Å². The number of carbonyl (C=O) groups is 3. The lowest BCUT2D eigenvalue weighted by Gasteiger charge is -2.39. The molecule has 5 rings (SSSR count). The number of carbonyl (C=O) groups excluding carboxylic acids is 2. The van der Waals surface area contributed by atoms with E-state index in [9.17, 15) is 19.5 Å². The molecule has 1 saturated carbocycles. The Balaban J connectivity index is 1.20. The van der Waals surface area contributed by atoms with Crippen LogP contribution in [0.5, 0.6) is 0 Å². The monoisotopic (exact) mass is 478 g/mol. The molecule has 2 aromatic rings. The van der Waals surface area contributed by atoms with E-state index in [1.165, 1.54) is 7.11 Å². The molecule has 0 aromatic heterocycles. The molecule has 2 aliphatic carbocycles. The van der Waals surface area contributed by atoms with E-state index in [0.29, 0.717) is 38.8 Å². The summed E-state index contributed by atoms with van der Waals surface area (Å²) >= 11 is 0. The number of nitrogens with one attached hydrogen (secondary N) is 1. The van der Waals surface area contributed by atoms with Gasteiger partial charge in [-0.15, -0.1) is 0 Å². The quantitative estimate of drug-likeness (QED) is 0.632. The van der Waals surface area contributed by atoms with Gasteiger partial charge in [0.25, 0.3) is 0 Å². The Kier molecular flexibility index (Phi) is 6.01. The van der Waals surface area contributed by atoms with Gasteiger partial charge in [0.05, 0.1) is 12.0 Å². The van der Waals surface area contributed by atoms with Gasteiger partial charge < -0.3 is 24.8 Å².